The van der Waals surface area contributed by atoms with Gasteiger partial charge in [-0.2, -0.15) is 0 Å². The molecule has 1 aromatic rings. The molecule has 1 aromatic carbocycles. The van der Waals surface area contributed by atoms with Crippen molar-refractivity contribution in [1.29, 1.82) is 0 Å². The van der Waals surface area contributed by atoms with E-state index in [1.54, 1.807) is 12.1 Å². The third-order valence-corrected chi connectivity index (χ3v) is 2.88. The maximum absolute atomic E-state index is 11.6. The number of urea groups is 1. The summed E-state index contributed by atoms with van der Waals surface area (Å²) in [5.74, 6) is -0.962. The van der Waals surface area contributed by atoms with Crippen LogP contribution in [0.25, 0.3) is 0 Å². The van der Waals surface area contributed by atoms with Crippen LogP contribution in [0.2, 0.25) is 0 Å². The molecule has 0 radical (unpaired) electrons. The summed E-state index contributed by atoms with van der Waals surface area (Å²) in [4.78, 5) is 22.2. The highest BCUT2D eigenvalue weighted by Gasteiger charge is 2.17. The third kappa shape index (κ3) is 3.96. The van der Waals surface area contributed by atoms with Crippen molar-refractivity contribution < 1.29 is 19.4 Å². The maximum Gasteiger partial charge on any atom is 0.335 e. The zero-order valence-electron chi connectivity index (χ0n) is 10.4. The van der Waals surface area contributed by atoms with Crippen molar-refractivity contribution in [2.45, 2.75) is 25.6 Å². The number of carboxylic acids is 1. The fourth-order valence-electron chi connectivity index (χ4n) is 1.84. The van der Waals surface area contributed by atoms with E-state index in [1.807, 2.05) is 0 Å². The van der Waals surface area contributed by atoms with Crippen molar-refractivity contribution in [3.8, 4) is 0 Å². The molecule has 19 heavy (non-hydrogen) atoms. The van der Waals surface area contributed by atoms with E-state index in [1.165, 1.54) is 12.1 Å². The third-order valence-electron chi connectivity index (χ3n) is 2.88. The maximum atomic E-state index is 11.6. The van der Waals surface area contributed by atoms with Crippen LogP contribution in [0.5, 0.6) is 0 Å². The van der Waals surface area contributed by atoms with E-state index in [-0.39, 0.29) is 17.8 Å². The summed E-state index contributed by atoms with van der Waals surface area (Å²) in [5, 5.41) is 14.2. The first-order valence-electron chi connectivity index (χ1n) is 6.13. The van der Waals surface area contributed by atoms with Crippen LogP contribution in [-0.2, 0) is 11.3 Å². The smallest absolute Gasteiger partial charge is 0.335 e. The van der Waals surface area contributed by atoms with E-state index < -0.39 is 5.97 Å². The molecule has 102 valence electrons. The van der Waals surface area contributed by atoms with Crippen molar-refractivity contribution in [2.75, 3.05) is 6.61 Å². The molecule has 2 amide bonds. The number of carboxylic acid groups (broad SMARTS) is 1. The number of hydrogen-bond donors (Lipinski definition) is 3. The Hall–Kier alpha value is -2.08. The van der Waals surface area contributed by atoms with Crippen LogP contribution >= 0.6 is 0 Å². The number of carbonyl (C=O) groups excluding carboxylic acids is 1. The molecule has 1 heterocycles. The quantitative estimate of drug-likeness (QED) is 0.765. The molecule has 0 aliphatic carbocycles. The Morgan fingerprint density at radius 1 is 1.32 bits per heavy atom. The Kier molecular flexibility index (Phi) is 4.35. The highest BCUT2D eigenvalue weighted by Crippen LogP contribution is 2.08. The molecular weight excluding hydrogens is 248 g/mol. The second kappa shape index (κ2) is 6.19. The molecule has 1 unspecified atom stereocenters. The zero-order valence-corrected chi connectivity index (χ0v) is 10.4. The molecule has 0 aromatic heterocycles. The van der Waals surface area contributed by atoms with Gasteiger partial charge in [-0.15, -0.1) is 0 Å². The molecular formula is C13H16N2O4. The number of benzene rings is 1. The molecule has 2 rings (SSSR count). The van der Waals surface area contributed by atoms with E-state index in [4.69, 9.17) is 9.84 Å². The van der Waals surface area contributed by atoms with Crippen LogP contribution in [0.1, 0.15) is 28.8 Å². The summed E-state index contributed by atoms with van der Waals surface area (Å²) in [6.45, 7) is 1.03. The van der Waals surface area contributed by atoms with Gasteiger partial charge in [-0.05, 0) is 30.5 Å². The molecule has 1 fully saturated rings. The highest BCUT2D eigenvalue weighted by atomic mass is 16.5. The first-order chi connectivity index (χ1) is 9.15. The molecule has 6 heteroatoms. The number of hydrogen-bond acceptors (Lipinski definition) is 3. The number of amides is 2. The van der Waals surface area contributed by atoms with Gasteiger partial charge in [0, 0.05) is 13.2 Å². The SMILES string of the molecule is O=C(NCc1ccc(C(=O)O)cc1)NC1CCCO1. The molecule has 6 nitrogen and oxygen atoms in total. The predicted molar refractivity (Wildman–Crippen MR) is 67.7 cm³/mol. The topological polar surface area (TPSA) is 87.7 Å². The highest BCUT2D eigenvalue weighted by molar-refractivity contribution is 5.87. The van der Waals surface area contributed by atoms with Crippen molar-refractivity contribution in [1.82, 2.24) is 10.6 Å². The van der Waals surface area contributed by atoms with Gasteiger partial charge in [0.2, 0.25) is 0 Å². The molecule has 0 bridgehead atoms. The lowest BCUT2D eigenvalue weighted by atomic mass is 10.1. The number of aromatic carboxylic acids is 1. The lowest BCUT2D eigenvalue weighted by Gasteiger charge is -2.12. The van der Waals surface area contributed by atoms with Gasteiger partial charge in [-0.1, -0.05) is 12.1 Å². The number of ether oxygens (including phenoxy) is 1. The van der Waals surface area contributed by atoms with E-state index >= 15 is 0 Å². The van der Waals surface area contributed by atoms with E-state index in [0.29, 0.717) is 13.2 Å². The lowest BCUT2D eigenvalue weighted by molar-refractivity contribution is 0.0696. The second-order valence-corrected chi connectivity index (χ2v) is 4.33. The zero-order chi connectivity index (χ0) is 13.7. The van der Waals surface area contributed by atoms with Crippen LogP contribution in [0.4, 0.5) is 4.79 Å². The number of nitrogens with one attached hydrogen (secondary N) is 2. The Morgan fingerprint density at radius 3 is 2.63 bits per heavy atom. The van der Waals surface area contributed by atoms with Crippen LogP contribution in [-0.4, -0.2) is 29.9 Å². The van der Waals surface area contributed by atoms with Gasteiger partial charge < -0.3 is 20.5 Å². The first kappa shape index (κ1) is 13.4. The Balaban J connectivity index is 1.77. The molecule has 0 saturated carbocycles. The standard InChI is InChI=1S/C13H16N2O4/c16-12(17)10-5-3-9(4-6-10)8-14-13(18)15-11-2-1-7-19-11/h3-6,11H,1-2,7-8H2,(H,16,17)(H2,14,15,18). The van der Waals surface area contributed by atoms with Crippen LogP contribution in [0.3, 0.4) is 0 Å². The minimum absolute atomic E-state index is 0.200. The average molecular weight is 264 g/mol. The van der Waals surface area contributed by atoms with Gasteiger partial charge in [0.25, 0.3) is 0 Å². The molecule has 1 aliphatic heterocycles. The van der Waals surface area contributed by atoms with Crippen molar-refractivity contribution >= 4 is 12.0 Å². The van der Waals surface area contributed by atoms with Gasteiger partial charge in [0.1, 0.15) is 6.23 Å². The van der Waals surface area contributed by atoms with Crippen LogP contribution < -0.4 is 10.6 Å². The van der Waals surface area contributed by atoms with Crippen LogP contribution in [0.15, 0.2) is 24.3 Å². The molecule has 0 spiro atoms. The normalized spacial score (nSPS) is 18.0. The van der Waals surface area contributed by atoms with Crippen molar-refractivity contribution in [3.63, 3.8) is 0 Å². The molecule has 1 saturated heterocycles. The van der Waals surface area contributed by atoms with E-state index in [9.17, 15) is 9.59 Å². The van der Waals surface area contributed by atoms with Gasteiger partial charge >= 0.3 is 12.0 Å². The minimum Gasteiger partial charge on any atom is -0.478 e. The minimum atomic E-state index is -0.962. The van der Waals surface area contributed by atoms with Gasteiger partial charge in [-0.25, -0.2) is 9.59 Å². The van der Waals surface area contributed by atoms with Gasteiger partial charge in [-0.3, -0.25) is 0 Å². The summed E-state index contributed by atoms with van der Waals surface area (Å²) in [6.07, 6.45) is 1.59. The van der Waals surface area contributed by atoms with Crippen molar-refractivity contribution in [2.24, 2.45) is 0 Å². The fraction of sp³-hybridized carbons (Fsp3) is 0.385. The van der Waals surface area contributed by atoms with E-state index in [0.717, 1.165) is 18.4 Å². The van der Waals surface area contributed by atoms with Crippen LogP contribution in [0, 0.1) is 0 Å². The lowest BCUT2D eigenvalue weighted by Crippen LogP contribution is -2.41. The Bertz CT molecular complexity index is 452. The molecule has 1 aliphatic rings. The fourth-order valence-corrected chi connectivity index (χ4v) is 1.84. The summed E-state index contributed by atoms with van der Waals surface area (Å²) in [6, 6.07) is 6.09. The monoisotopic (exact) mass is 264 g/mol. The Morgan fingerprint density at radius 2 is 2.05 bits per heavy atom. The first-order valence-corrected chi connectivity index (χ1v) is 6.13. The second-order valence-electron chi connectivity index (χ2n) is 4.33. The van der Waals surface area contributed by atoms with Crippen molar-refractivity contribution in [3.05, 3.63) is 35.4 Å². The Labute approximate surface area is 110 Å². The van der Waals surface area contributed by atoms with Gasteiger partial charge in [0.05, 0.1) is 5.56 Å². The summed E-state index contributed by atoms with van der Waals surface area (Å²) < 4.78 is 5.28. The van der Waals surface area contributed by atoms with Gasteiger partial charge in [0.15, 0.2) is 0 Å². The summed E-state index contributed by atoms with van der Waals surface area (Å²) >= 11 is 0. The largest absolute Gasteiger partial charge is 0.478 e. The molecule has 1 atom stereocenters. The summed E-state index contributed by atoms with van der Waals surface area (Å²) in [5.41, 5.74) is 1.07. The molecule has 3 N–H and O–H groups in total. The number of rotatable bonds is 4. The number of carbonyl (C=O) groups is 2. The average Bonchev–Trinajstić information content (AvgIpc) is 2.89. The van der Waals surface area contributed by atoms with E-state index in [2.05, 4.69) is 10.6 Å². The summed E-state index contributed by atoms with van der Waals surface area (Å²) in [7, 11) is 0. The predicted octanol–water partition coefficient (Wildman–Crippen LogP) is 1.32.